The third-order valence-electron chi connectivity index (χ3n) is 4.79. The first-order valence-corrected chi connectivity index (χ1v) is 12.6. The molecule has 3 aromatic carbocycles. The molecule has 4 rings (SSSR count). The number of halogens is 3. The highest BCUT2D eigenvalue weighted by Crippen LogP contribution is 2.40. The molecule has 1 amide bonds. The molecule has 4 nitrogen and oxygen atoms in total. The number of anilines is 1. The Kier molecular flexibility index (Phi) is 7.93. The van der Waals surface area contributed by atoms with E-state index in [2.05, 4.69) is 15.9 Å². The number of carbonyl (C=O) groups is 1. The fourth-order valence-corrected chi connectivity index (χ4v) is 5.27. The van der Waals surface area contributed by atoms with E-state index in [-0.39, 0.29) is 5.91 Å². The van der Waals surface area contributed by atoms with Crippen LogP contribution in [0.4, 0.5) is 10.1 Å². The Morgan fingerprint density at radius 3 is 2.62 bits per heavy atom. The molecule has 1 fully saturated rings. The van der Waals surface area contributed by atoms with E-state index >= 15 is 0 Å². The Bertz CT molecular complexity index is 1280. The highest BCUT2D eigenvalue weighted by molar-refractivity contribution is 9.10. The monoisotopic (exact) mass is 577 g/mol. The summed E-state index contributed by atoms with van der Waals surface area (Å²) in [7, 11) is 0. The topological polar surface area (TPSA) is 38.8 Å². The Labute approximate surface area is 219 Å². The van der Waals surface area contributed by atoms with Crippen LogP contribution in [-0.2, 0) is 11.4 Å². The predicted octanol–water partition coefficient (Wildman–Crippen LogP) is 7.63. The number of rotatable bonds is 7. The van der Waals surface area contributed by atoms with Crippen LogP contribution < -0.4 is 14.4 Å². The molecule has 0 radical (unpaired) electrons. The van der Waals surface area contributed by atoms with Crippen molar-refractivity contribution >= 4 is 73.5 Å². The summed E-state index contributed by atoms with van der Waals surface area (Å²) in [6.45, 7) is 2.66. The average Bonchev–Trinajstić information content (AvgIpc) is 3.07. The number of hydrogen-bond acceptors (Lipinski definition) is 5. The van der Waals surface area contributed by atoms with Gasteiger partial charge in [0.25, 0.3) is 5.91 Å². The molecule has 174 valence electrons. The number of carbonyl (C=O) groups excluding carboxylic acids is 1. The second-order valence-electron chi connectivity index (χ2n) is 7.18. The molecule has 1 aliphatic heterocycles. The van der Waals surface area contributed by atoms with Crippen molar-refractivity contribution in [2.24, 2.45) is 0 Å². The number of hydrogen-bond donors (Lipinski definition) is 0. The molecule has 9 heteroatoms. The van der Waals surface area contributed by atoms with Gasteiger partial charge in [0.2, 0.25) is 0 Å². The van der Waals surface area contributed by atoms with Crippen molar-refractivity contribution in [3.05, 3.63) is 92.0 Å². The standard InChI is InChI=1S/C25H18BrClFNO3S2/c1-2-31-21-11-16(10-20(26)23(21)32-14-15-6-8-17(27)9-7-15)12-22-24(30)29(25(33)34-22)19-5-3-4-18(28)13-19/h3-13H,2,14H2,1H3/b22-12-. The van der Waals surface area contributed by atoms with Crippen molar-refractivity contribution in [2.45, 2.75) is 13.5 Å². The summed E-state index contributed by atoms with van der Waals surface area (Å²) in [5.74, 6) is 0.353. The van der Waals surface area contributed by atoms with E-state index in [1.54, 1.807) is 24.3 Å². The van der Waals surface area contributed by atoms with Crippen LogP contribution in [0.2, 0.25) is 5.02 Å². The van der Waals surface area contributed by atoms with E-state index in [4.69, 9.17) is 33.3 Å². The molecule has 0 unspecified atom stereocenters. The predicted molar refractivity (Wildman–Crippen MR) is 143 cm³/mol. The van der Waals surface area contributed by atoms with Gasteiger partial charge in [0.1, 0.15) is 12.4 Å². The van der Waals surface area contributed by atoms with E-state index in [0.29, 0.717) is 49.1 Å². The summed E-state index contributed by atoms with van der Waals surface area (Å²) in [6, 6.07) is 16.8. The van der Waals surface area contributed by atoms with Crippen molar-refractivity contribution in [1.82, 2.24) is 0 Å². The van der Waals surface area contributed by atoms with Gasteiger partial charge in [-0.05, 0) is 82.5 Å². The first-order chi connectivity index (χ1) is 16.4. The van der Waals surface area contributed by atoms with Gasteiger partial charge >= 0.3 is 0 Å². The highest BCUT2D eigenvalue weighted by Gasteiger charge is 2.33. The number of nitrogens with zero attached hydrogens (tertiary/aromatic N) is 1. The van der Waals surface area contributed by atoms with Gasteiger partial charge in [-0.15, -0.1) is 0 Å². The molecule has 0 spiro atoms. The lowest BCUT2D eigenvalue weighted by Gasteiger charge is -2.15. The van der Waals surface area contributed by atoms with Crippen LogP contribution in [0.25, 0.3) is 6.08 Å². The summed E-state index contributed by atoms with van der Waals surface area (Å²) in [6.07, 6.45) is 1.73. The molecule has 0 N–H and O–H groups in total. The summed E-state index contributed by atoms with van der Waals surface area (Å²) in [4.78, 5) is 14.8. The van der Waals surface area contributed by atoms with Gasteiger partial charge in [0, 0.05) is 5.02 Å². The number of amides is 1. The third kappa shape index (κ3) is 5.63. The van der Waals surface area contributed by atoms with Crippen LogP contribution >= 0.6 is 51.5 Å². The zero-order valence-electron chi connectivity index (χ0n) is 17.9. The molecule has 0 saturated carbocycles. The molecular formula is C25H18BrClFNO3S2. The lowest BCUT2D eigenvalue weighted by Crippen LogP contribution is -2.27. The number of benzene rings is 3. The van der Waals surface area contributed by atoms with Crippen LogP contribution in [0.5, 0.6) is 11.5 Å². The zero-order chi connectivity index (χ0) is 24.2. The smallest absolute Gasteiger partial charge is 0.270 e. The molecule has 1 aliphatic rings. The first-order valence-electron chi connectivity index (χ1n) is 10.2. The lowest BCUT2D eigenvalue weighted by atomic mass is 10.1. The normalized spacial score (nSPS) is 14.7. The van der Waals surface area contributed by atoms with Gasteiger partial charge in [-0.25, -0.2) is 4.39 Å². The number of thioether (sulfide) groups is 1. The molecule has 0 aliphatic carbocycles. The fraction of sp³-hybridized carbons (Fsp3) is 0.120. The fourth-order valence-electron chi connectivity index (χ4n) is 3.27. The molecule has 0 aromatic heterocycles. The molecule has 0 atom stereocenters. The molecule has 3 aromatic rings. The largest absolute Gasteiger partial charge is 0.490 e. The average molecular weight is 579 g/mol. The van der Waals surface area contributed by atoms with Crippen molar-refractivity contribution in [3.63, 3.8) is 0 Å². The maximum atomic E-state index is 13.7. The van der Waals surface area contributed by atoms with E-state index in [1.807, 2.05) is 37.3 Å². The van der Waals surface area contributed by atoms with Crippen LogP contribution in [-0.4, -0.2) is 16.8 Å². The van der Waals surface area contributed by atoms with Gasteiger partial charge < -0.3 is 9.47 Å². The summed E-state index contributed by atoms with van der Waals surface area (Å²) < 4.78 is 26.5. The Balaban J connectivity index is 1.60. The van der Waals surface area contributed by atoms with Crippen molar-refractivity contribution in [2.75, 3.05) is 11.5 Å². The second-order valence-corrected chi connectivity index (χ2v) is 10.1. The Hall–Kier alpha value is -2.39. The molecular weight excluding hydrogens is 561 g/mol. The first kappa shape index (κ1) is 24.7. The second kappa shape index (κ2) is 10.9. The summed E-state index contributed by atoms with van der Waals surface area (Å²) in [5, 5.41) is 0.659. The van der Waals surface area contributed by atoms with Gasteiger partial charge in [-0.3, -0.25) is 9.69 Å². The molecule has 1 heterocycles. The minimum absolute atomic E-state index is 0.308. The van der Waals surface area contributed by atoms with Crippen LogP contribution in [0, 0.1) is 5.82 Å². The molecule has 1 saturated heterocycles. The number of thiocarbonyl (C=S) groups is 1. The maximum Gasteiger partial charge on any atom is 0.270 e. The minimum Gasteiger partial charge on any atom is -0.490 e. The van der Waals surface area contributed by atoms with E-state index in [1.165, 1.54) is 17.0 Å². The van der Waals surface area contributed by atoms with Gasteiger partial charge in [0.15, 0.2) is 15.8 Å². The summed E-state index contributed by atoms with van der Waals surface area (Å²) in [5.41, 5.74) is 2.09. The van der Waals surface area contributed by atoms with E-state index in [0.717, 1.165) is 22.9 Å². The van der Waals surface area contributed by atoms with Crippen molar-refractivity contribution in [3.8, 4) is 11.5 Å². The Morgan fingerprint density at radius 2 is 1.91 bits per heavy atom. The molecule has 0 bridgehead atoms. The third-order valence-corrected chi connectivity index (χ3v) is 6.93. The van der Waals surface area contributed by atoms with Gasteiger partial charge in [-0.1, -0.05) is 53.8 Å². The van der Waals surface area contributed by atoms with Gasteiger partial charge in [0.05, 0.1) is 21.7 Å². The maximum absolute atomic E-state index is 13.7. The quantitative estimate of drug-likeness (QED) is 0.213. The van der Waals surface area contributed by atoms with Gasteiger partial charge in [-0.2, -0.15) is 0 Å². The minimum atomic E-state index is -0.435. The van der Waals surface area contributed by atoms with Crippen LogP contribution in [0.1, 0.15) is 18.1 Å². The highest BCUT2D eigenvalue weighted by atomic mass is 79.9. The Morgan fingerprint density at radius 1 is 1.15 bits per heavy atom. The lowest BCUT2D eigenvalue weighted by molar-refractivity contribution is -0.113. The van der Waals surface area contributed by atoms with Crippen LogP contribution in [0.3, 0.4) is 0 Å². The number of ether oxygens (including phenoxy) is 2. The summed E-state index contributed by atoms with van der Waals surface area (Å²) >= 11 is 16.1. The molecule has 34 heavy (non-hydrogen) atoms. The van der Waals surface area contributed by atoms with E-state index in [9.17, 15) is 9.18 Å². The zero-order valence-corrected chi connectivity index (χ0v) is 21.9. The van der Waals surface area contributed by atoms with Crippen molar-refractivity contribution in [1.29, 1.82) is 0 Å². The van der Waals surface area contributed by atoms with Crippen LogP contribution in [0.15, 0.2) is 70.0 Å². The SMILES string of the molecule is CCOc1cc(/C=C2\SC(=S)N(c3cccc(F)c3)C2=O)cc(Br)c1OCc1ccc(Cl)cc1. The van der Waals surface area contributed by atoms with Crippen molar-refractivity contribution < 1.29 is 18.7 Å². The van der Waals surface area contributed by atoms with E-state index < -0.39 is 5.82 Å².